The zero-order chi connectivity index (χ0) is 14.3. The van der Waals surface area contributed by atoms with Crippen LogP contribution in [0.4, 0.5) is 0 Å². The molecule has 1 aliphatic rings. The van der Waals surface area contributed by atoms with Crippen molar-refractivity contribution in [3.05, 3.63) is 17.3 Å². The third kappa shape index (κ3) is 2.29. The Hall–Kier alpha value is -1.54. The number of carbonyl (C=O) groups excluding carboxylic acids is 1. The van der Waals surface area contributed by atoms with E-state index in [1.807, 2.05) is 11.5 Å². The lowest BCUT2D eigenvalue weighted by atomic mass is 10.2. The summed E-state index contributed by atoms with van der Waals surface area (Å²) in [5.74, 6) is -0.299. The molecule has 3 heterocycles. The number of carbonyl (C=O) groups is 1. The van der Waals surface area contributed by atoms with Crippen LogP contribution in [0.2, 0.25) is 0 Å². The second-order valence-electron chi connectivity index (χ2n) is 4.67. The van der Waals surface area contributed by atoms with Gasteiger partial charge < -0.3 is 9.47 Å². The van der Waals surface area contributed by atoms with E-state index >= 15 is 0 Å². The molecule has 7 nitrogen and oxygen atoms in total. The molecule has 3 atom stereocenters. The van der Waals surface area contributed by atoms with E-state index in [0.717, 1.165) is 0 Å². The molecular formula is C12H13BrN4O3. The summed E-state index contributed by atoms with van der Waals surface area (Å²) in [6, 6.07) is 0. The first-order valence-electron chi connectivity index (χ1n) is 6.22. The largest absolute Gasteiger partial charge is 0.460 e. The van der Waals surface area contributed by atoms with Crippen molar-refractivity contribution in [3.63, 3.8) is 0 Å². The summed E-state index contributed by atoms with van der Waals surface area (Å²) >= 11 is 3.34. The topological polar surface area (TPSA) is 79.1 Å². The Balaban J connectivity index is 1.89. The highest BCUT2D eigenvalue weighted by Gasteiger charge is 2.36. The Morgan fingerprint density at radius 2 is 2.30 bits per heavy atom. The van der Waals surface area contributed by atoms with E-state index in [-0.39, 0.29) is 24.4 Å². The van der Waals surface area contributed by atoms with Gasteiger partial charge in [-0.25, -0.2) is 15.0 Å². The van der Waals surface area contributed by atoms with E-state index < -0.39 is 0 Å². The van der Waals surface area contributed by atoms with Gasteiger partial charge in [-0.05, 0) is 22.9 Å². The van der Waals surface area contributed by atoms with Crippen molar-refractivity contribution in [1.82, 2.24) is 19.5 Å². The average Bonchev–Trinajstić information content (AvgIpc) is 2.94. The molecule has 3 rings (SSSR count). The highest BCUT2D eigenvalue weighted by molar-refractivity contribution is 9.10. The van der Waals surface area contributed by atoms with Gasteiger partial charge in [0.2, 0.25) is 0 Å². The van der Waals surface area contributed by atoms with Gasteiger partial charge in [0.05, 0.1) is 12.4 Å². The second kappa shape index (κ2) is 5.10. The third-order valence-electron chi connectivity index (χ3n) is 3.27. The van der Waals surface area contributed by atoms with Crippen LogP contribution in [0.5, 0.6) is 0 Å². The number of hydrogen-bond donors (Lipinski definition) is 0. The van der Waals surface area contributed by atoms with Crippen molar-refractivity contribution in [2.24, 2.45) is 0 Å². The average molecular weight is 341 g/mol. The van der Waals surface area contributed by atoms with E-state index in [1.165, 1.54) is 13.3 Å². The first-order valence-corrected chi connectivity index (χ1v) is 7.01. The van der Waals surface area contributed by atoms with Crippen LogP contribution in [0.25, 0.3) is 11.2 Å². The SMILES string of the molecule is CC(=O)O[C@H]1C[C@H](n2cnc3c(Br)ncnc32)O[C@@H]1C. The summed E-state index contributed by atoms with van der Waals surface area (Å²) in [6.45, 7) is 3.29. The highest BCUT2D eigenvalue weighted by Crippen LogP contribution is 2.33. The molecule has 0 radical (unpaired) electrons. The molecular weight excluding hydrogens is 328 g/mol. The van der Waals surface area contributed by atoms with E-state index in [1.54, 1.807) is 6.33 Å². The molecule has 1 saturated heterocycles. The maximum Gasteiger partial charge on any atom is 0.302 e. The number of aromatic nitrogens is 4. The summed E-state index contributed by atoms with van der Waals surface area (Å²) in [4.78, 5) is 23.6. The summed E-state index contributed by atoms with van der Waals surface area (Å²) in [6.07, 6.45) is 3.05. The van der Waals surface area contributed by atoms with Crippen molar-refractivity contribution < 1.29 is 14.3 Å². The zero-order valence-corrected chi connectivity index (χ0v) is 12.6. The molecule has 0 spiro atoms. The van der Waals surface area contributed by atoms with Gasteiger partial charge in [-0.1, -0.05) is 0 Å². The van der Waals surface area contributed by atoms with Crippen molar-refractivity contribution >= 4 is 33.1 Å². The summed E-state index contributed by atoms with van der Waals surface area (Å²) in [5.41, 5.74) is 1.37. The van der Waals surface area contributed by atoms with Gasteiger partial charge in [-0.2, -0.15) is 0 Å². The molecule has 0 amide bonds. The van der Waals surface area contributed by atoms with E-state index in [4.69, 9.17) is 9.47 Å². The molecule has 8 heteroatoms. The lowest BCUT2D eigenvalue weighted by Gasteiger charge is -2.12. The van der Waals surface area contributed by atoms with Crippen LogP contribution in [0.15, 0.2) is 17.3 Å². The zero-order valence-electron chi connectivity index (χ0n) is 11.0. The fourth-order valence-electron chi connectivity index (χ4n) is 2.35. The normalized spacial score (nSPS) is 26.1. The minimum atomic E-state index is -0.299. The fraction of sp³-hybridized carbons (Fsp3) is 0.500. The number of halogens is 1. The molecule has 2 aromatic rings. The number of esters is 1. The minimum absolute atomic E-state index is 0.161. The van der Waals surface area contributed by atoms with Crippen LogP contribution >= 0.6 is 15.9 Å². The molecule has 1 fully saturated rings. The monoisotopic (exact) mass is 340 g/mol. The summed E-state index contributed by atoms with van der Waals surface area (Å²) < 4.78 is 13.6. The number of rotatable bonds is 2. The lowest BCUT2D eigenvalue weighted by molar-refractivity contribution is -0.148. The Labute approximate surface area is 123 Å². The van der Waals surface area contributed by atoms with Crippen molar-refractivity contribution in [2.75, 3.05) is 0 Å². The van der Waals surface area contributed by atoms with Gasteiger partial charge in [-0.3, -0.25) is 9.36 Å². The lowest BCUT2D eigenvalue weighted by Crippen LogP contribution is -2.23. The molecule has 0 aromatic carbocycles. The predicted molar refractivity (Wildman–Crippen MR) is 72.8 cm³/mol. The molecule has 20 heavy (non-hydrogen) atoms. The van der Waals surface area contributed by atoms with Crippen LogP contribution in [0.3, 0.4) is 0 Å². The van der Waals surface area contributed by atoms with Crippen LogP contribution in [-0.4, -0.2) is 37.7 Å². The van der Waals surface area contributed by atoms with Gasteiger partial charge in [0, 0.05) is 13.3 Å². The van der Waals surface area contributed by atoms with Gasteiger partial charge in [0.15, 0.2) is 5.65 Å². The molecule has 0 bridgehead atoms. The standard InChI is InChI=1S/C12H13BrN4O3/c1-6-8(20-7(2)18)3-9(19-6)17-5-16-10-11(13)14-4-15-12(10)17/h4-6,8-9H,3H2,1-2H3/t6-,8+,9-/m1/s1. The summed E-state index contributed by atoms with van der Waals surface area (Å²) in [5, 5.41) is 0. The highest BCUT2D eigenvalue weighted by atomic mass is 79.9. The van der Waals surface area contributed by atoms with Crippen LogP contribution < -0.4 is 0 Å². The fourth-order valence-corrected chi connectivity index (χ4v) is 2.72. The van der Waals surface area contributed by atoms with Gasteiger partial charge in [-0.15, -0.1) is 0 Å². The molecule has 1 aliphatic heterocycles. The Bertz CT molecular complexity index is 659. The van der Waals surface area contributed by atoms with Crippen LogP contribution in [0.1, 0.15) is 26.5 Å². The van der Waals surface area contributed by atoms with Gasteiger partial charge in [0.1, 0.15) is 28.8 Å². The number of fused-ring (bicyclic) bond motifs is 1. The van der Waals surface area contributed by atoms with E-state index in [2.05, 4.69) is 30.9 Å². The molecule has 0 aliphatic carbocycles. The van der Waals surface area contributed by atoms with Crippen molar-refractivity contribution in [1.29, 1.82) is 0 Å². The van der Waals surface area contributed by atoms with E-state index in [9.17, 15) is 4.79 Å². The van der Waals surface area contributed by atoms with Crippen LogP contribution in [-0.2, 0) is 14.3 Å². The third-order valence-corrected chi connectivity index (χ3v) is 3.85. The van der Waals surface area contributed by atoms with Gasteiger partial charge in [0.25, 0.3) is 0 Å². The number of hydrogen-bond acceptors (Lipinski definition) is 6. The van der Waals surface area contributed by atoms with Crippen molar-refractivity contribution in [3.8, 4) is 0 Å². The first kappa shape index (κ1) is 13.4. The predicted octanol–water partition coefficient (Wildman–Crippen LogP) is 1.83. The van der Waals surface area contributed by atoms with Crippen molar-refractivity contribution in [2.45, 2.75) is 38.7 Å². The van der Waals surface area contributed by atoms with Crippen LogP contribution in [0, 0.1) is 0 Å². The quantitative estimate of drug-likeness (QED) is 0.612. The Morgan fingerprint density at radius 1 is 1.50 bits per heavy atom. The number of imidazole rings is 1. The Morgan fingerprint density at radius 3 is 3.05 bits per heavy atom. The minimum Gasteiger partial charge on any atom is -0.460 e. The molecule has 0 N–H and O–H groups in total. The molecule has 106 valence electrons. The number of ether oxygens (including phenoxy) is 2. The van der Waals surface area contributed by atoms with E-state index in [0.29, 0.717) is 22.2 Å². The maximum atomic E-state index is 11.1. The second-order valence-corrected chi connectivity index (χ2v) is 5.42. The molecule has 0 saturated carbocycles. The maximum absolute atomic E-state index is 11.1. The summed E-state index contributed by atoms with van der Waals surface area (Å²) in [7, 11) is 0. The van der Waals surface area contributed by atoms with Gasteiger partial charge >= 0.3 is 5.97 Å². The Kier molecular flexibility index (Phi) is 3.43. The first-order chi connectivity index (χ1) is 9.56. The smallest absolute Gasteiger partial charge is 0.302 e. The number of nitrogens with zero attached hydrogens (tertiary/aromatic N) is 4. The molecule has 0 unspecified atom stereocenters. The molecule has 2 aromatic heterocycles.